The molecule has 1 aromatic rings. The molecule has 6 atom stereocenters. The summed E-state index contributed by atoms with van der Waals surface area (Å²) in [6.45, 7) is 7.85. The Hall–Kier alpha value is -1.84. The lowest BCUT2D eigenvalue weighted by atomic mass is 9.48. The maximum absolute atomic E-state index is 12.0. The Balaban J connectivity index is 1.44. The highest BCUT2D eigenvalue weighted by atomic mass is 16.6. The summed E-state index contributed by atoms with van der Waals surface area (Å²) in [7, 11) is 0. The van der Waals surface area contributed by atoms with Crippen LogP contribution >= 0.6 is 0 Å². The zero-order valence-corrected chi connectivity index (χ0v) is 18.0. The second kappa shape index (κ2) is 6.85. The van der Waals surface area contributed by atoms with Gasteiger partial charge in [-0.15, -0.1) is 0 Å². The van der Waals surface area contributed by atoms with Crippen LogP contribution in [0.2, 0.25) is 0 Å². The molecular weight excluding hydrogens is 360 g/mol. The van der Waals surface area contributed by atoms with Gasteiger partial charge in [-0.2, -0.15) is 0 Å². The van der Waals surface area contributed by atoms with Crippen LogP contribution in [0.15, 0.2) is 24.5 Å². The number of allylic oxidation sites excluding steroid dienone is 2. The average molecular weight is 395 g/mol. The molecule has 1 saturated heterocycles. The van der Waals surface area contributed by atoms with E-state index in [-0.39, 0.29) is 23.0 Å². The summed E-state index contributed by atoms with van der Waals surface area (Å²) in [6, 6.07) is 2.35. The number of nitrogens with one attached hydrogen (secondary N) is 1. The zero-order chi connectivity index (χ0) is 20.2. The number of nitrogens with zero attached hydrogens (tertiary/aromatic N) is 1. The molecule has 1 aliphatic heterocycles. The van der Waals surface area contributed by atoms with Crippen LogP contribution < -0.4 is 5.32 Å². The molecule has 0 bridgehead atoms. The fourth-order valence-electron chi connectivity index (χ4n) is 7.41. The number of hydrogen-bond donors (Lipinski definition) is 1. The molecule has 5 rings (SSSR count). The molecule has 1 aromatic heterocycles. The van der Waals surface area contributed by atoms with Gasteiger partial charge in [0, 0.05) is 24.4 Å². The molecule has 3 aliphatic carbocycles. The molecule has 156 valence electrons. The van der Waals surface area contributed by atoms with Gasteiger partial charge in [0.05, 0.1) is 0 Å². The number of fused-ring (bicyclic) bond motifs is 5. The zero-order valence-electron chi connectivity index (χ0n) is 18.0. The van der Waals surface area contributed by atoms with E-state index in [1.165, 1.54) is 42.4 Å². The Kier molecular flexibility index (Phi) is 4.52. The van der Waals surface area contributed by atoms with Crippen molar-refractivity contribution in [2.24, 2.45) is 28.6 Å². The summed E-state index contributed by atoms with van der Waals surface area (Å²) in [5.41, 5.74) is 4.55. The van der Waals surface area contributed by atoms with Gasteiger partial charge in [-0.1, -0.05) is 26.8 Å². The van der Waals surface area contributed by atoms with E-state index in [0.29, 0.717) is 11.8 Å². The lowest BCUT2D eigenvalue weighted by Gasteiger charge is -2.57. The molecular formula is C25H34N2O2. The van der Waals surface area contributed by atoms with E-state index in [1.807, 2.05) is 6.20 Å². The molecule has 2 heterocycles. The van der Waals surface area contributed by atoms with Crippen LogP contribution in [-0.2, 0) is 11.2 Å². The monoisotopic (exact) mass is 394 g/mol. The minimum absolute atomic E-state index is 0.0786. The van der Waals surface area contributed by atoms with E-state index in [2.05, 4.69) is 49.4 Å². The first-order valence-electron chi connectivity index (χ1n) is 11.5. The van der Waals surface area contributed by atoms with Crippen molar-refractivity contribution in [3.05, 3.63) is 35.7 Å². The van der Waals surface area contributed by atoms with Crippen LogP contribution in [0.1, 0.15) is 70.4 Å². The van der Waals surface area contributed by atoms with Gasteiger partial charge in [-0.3, -0.25) is 4.98 Å². The van der Waals surface area contributed by atoms with E-state index in [1.54, 1.807) is 0 Å². The number of alkyl carbamates (subject to hydrolysis) is 1. The predicted octanol–water partition coefficient (Wildman–Crippen LogP) is 5.38. The van der Waals surface area contributed by atoms with Gasteiger partial charge in [0.2, 0.25) is 0 Å². The van der Waals surface area contributed by atoms with Crippen LogP contribution in [0.4, 0.5) is 4.79 Å². The molecule has 0 aromatic carbocycles. The fourth-order valence-corrected chi connectivity index (χ4v) is 7.41. The van der Waals surface area contributed by atoms with E-state index in [4.69, 9.17) is 4.74 Å². The number of amides is 1. The first-order chi connectivity index (χ1) is 14.0. The lowest BCUT2D eigenvalue weighted by molar-refractivity contribution is -0.113. The number of aromatic nitrogens is 1. The number of rotatable bonds is 2. The molecule has 1 amide bonds. The molecule has 3 fully saturated rings. The van der Waals surface area contributed by atoms with Crippen LogP contribution in [0, 0.1) is 28.6 Å². The third-order valence-electron chi connectivity index (χ3n) is 9.06. The van der Waals surface area contributed by atoms with Gasteiger partial charge in [0.1, 0.15) is 6.10 Å². The summed E-state index contributed by atoms with van der Waals surface area (Å²) in [5.74, 6) is 2.08. The molecule has 3 unspecified atom stereocenters. The second-order valence-electron chi connectivity index (χ2n) is 10.3. The SMILES string of the molecule is CCc1cncc(C2=CC[C@H]3C4CCC5OC(=O)NCC[C@]5(C)[C@H]4CCC23C)c1. The Labute approximate surface area is 174 Å². The molecule has 4 heteroatoms. The Morgan fingerprint density at radius 1 is 1.17 bits per heavy atom. The number of carbonyl (C=O) groups is 1. The molecule has 0 spiro atoms. The molecule has 29 heavy (non-hydrogen) atoms. The van der Waals surface area contributed by atoms with Crippen molar-refractivity contribution in [2.45, 2.75) is 71.8 Å². The van der Waals surface area contributed by atoms with E-state index in [0.717, 1.165) is 31.7 Å². The maximum atomic E-state index is 12.0. The molecule has 4 nitrogen and oxygen atoms in total. The first-order valence-corrected chi connectivity index (χ1v) is 11.5. The van der Waals surface area contributed by atoms with Gasteiger partial charge >= 0.3 is 6.09 Å². The topological polar surface area (TPSA) is 51.2 Å². The minimum Gasteiger partial charge on any atom is -0.446 e. The summed E-state index contributed by atoms with van der Waals surface area (Å²) in [6.07, 6.45) is 14.4. The summed E-state index contributed by atoms with van der Waals surface area (Å²) in [4.78, 5) is 16.5. The summed E-state index contributed by atoms with van der Waals surface area (Å²) in [5, 5.41) is 2.94. The fraction of sp³-hybridized carbons (Fsp3) is 0.680. The van der Waals surface area contributed by atoms with Crippen molar-refractivity contribution in [2.75, 3.05) is 6.54 Å². The van der Waals surface area contributed by atoms with Gasteiger partial charge in [-0.25, -0.2) is 4.79 Å². The highest BCUT2D eigenvalue weighted by molar-refractivity contribution is 5.73. The molecule has 2 saturated carbocycles. The molecule has 1 N–H and O–H groups in total. The Bertz CT molecular complexity index is 849. The van der Waals surface area contributed by atoms with E-state index < -0.39 is 0 Å². The van der Waals surface area contributed by atoms with Crippen LogP contribution in [0.5, 0.6) is 0 Å². The van der Waals surface area contributed by atoms with Gasteiger partial charge in [0.15, 0.2) is 0 Å². The number of pyridine rings is 1. The van der Waals surface area contributed by atoms with Crippen LogP contribution in [0.25, 0.3) is 5.57 Å². The quantitative estimate of drug-likeness (QED) is 0.733. The number of aryl methyl sites for hydroxylation is 1. The van der Waals surface area contributed by atoms with Crippen molar-refractivity contribution in [1.29, 1.82) is 0 Å². The Morgan fingerprint density at radius 3 is 2.86 bits per heavy atom. The minimum atomic E-state index is -0.217. The van der Waals surface area contributed by atoms with Gasteiger partial charge in [0.25, 0.3) is 0 Å². The third kappa shape index (κ3) is 2.85. The van der Waals surface area contributed by atoms with Crippen LogP contribution in [0.3, 0.4) is 0 Å². The van der Waals surface area contributed by atoms with Crippen molar-refractivity contribution < 1.29 is 9.53 Å². The van der Waals surface area contributed by atoms with Crippen molar-refractivity contribution >= 4 is 11.7 Å². The standard InChI is InChI=1S/C25H34N2O2/c1-4-16-13-17(15-26-14-16)19-6-7-20-18-5-8-22-25(3,11-12-27-23(28)29-22)21(18)9-10-24(19,20)2/h6,13-15,18,20-22H,4-5,7-12H2,1-3H3,(H,27,28)/t18?,20-,21-,22?,24?,25+/m0/s1. The van der Waals surface area contributed by atoms with Crippen molar-refractivity contribution in [1.82, 2.24) is 10.3 Å². The second-order valence-corrected chi connectivity index (χ2v) is 10.3. The van der Waals surface area contributed by atoms with Crippen molar-refractivity contribution in [3.8, 4) is 0 Å². The van der Waals surface area contributed by atoms with E-state index in [9.17, 15) is 4.79 Å². The van der Waals surface area contributed by atoms with Crippen LogP contribution in [-0.4, -0.2) is 23.7 Å². The highest BCUT2D eigenvalue weighted by Crippen LogP contribution is 2.65. The maximum Gasteiger partial charge on any atom is 0.407 e. The smallest absolute Gasteiger partial charge is 0.407 e. The summed E-state index contributed by atoms with van der Waals surface area (Å²) < 4.78 is 5.85. The number of hydrogen-bond acceptors (Lipinski definition) is 3. The third-order valence-corrected chi connectivity index (χ3v) is 9.06. The van der Waals surface area contributed by atoms with Gasteiger partial charge < -0.3 is 10.1 Å². The largest absolute Gasteiger partial charge is 0.446 e. The highest BCUT2D eigenvalue weighted by Gasteiger charge is 2.59. The summed E-state index contributed by atoms with van der Waals surface area (Å²) >= 11 is 0. The molecule has 4 aliphatic rings. The lowest BCUT2D eigenvalue weighted by Crippen LogP contribution is -2.53. The molecule has 0 radical (unpaired) electrons. The normalized spacial score (nSPS) is 41.2. The average Bonchev–Trinajstić information content (AvgIpc) is 2.99. The number of ether oxygens (including phenoxy) is 1. The van der Waals surface area contributed by atoms with Crippen molar-refractivity contribution in [3.63, 3.8) is 0 Å². The number of carbonyl (C=O) groups excluding carboxylic acids is 1. The first kappa shape index (κ1) is 19.1. The van der Waals surface area contributed by atoms with E-state index >= 15 is 0 Å². The van der Waals surface area contributed by atoms with Gasteiger partial charge in [-0.05, 0) is 90.9 Å². The predicted molar refractivity (Wildman–Crippen MR) is 114 cm³/mol. The Morgan fingerprint density at radius 2 is 2.03 bits per heavy atom.